The third-order valence-corrected chi connectivity index (χ3v) is 3.00. The van der Waals surface area contributed by atoms with Crippen molar-refractivity contribution >= 4 is 17.3 Å². The van der Waals surface area contributed by atoms with E-state index in [1.165, 1.54) is 12.3 Å². The molecule has 126 valence electrons. The minimum Gasteiger partial charge on any atom is -0.493 e. The molecule has 0 aliphatic carbocycles. The Morgan fingerprint density at radius 1 is 1.35 bits per heavy atom. The summed E-state index contributed by atoms with van der Waals surface area (Å²) in [4.78, 5) is 7.89. The summed E-state index contributed by atoms with van der Waals surface area (Å²) in [6, 6.07) is 5.06. The first-order chi connectivity index (χ1) is 10.8. The second-order valence-electron chi connectivity index (χ2n) is 4.49. The number of pyridine rings is 1. The van der Waals surface area contributed by atoms with E-state index in [4.69, 9.17) is 16.3 Å². The minimum atomic E-state index is -4.68. The maximum Gasteiger partial charge on any atom is 0.422 e. The summed E-state index contributed by atoms with van der Waals surface area (Å²) in [5.41, 5.74) is -0.354. The van der Waals surface area contributed by atoms with Gasteiger partial charge < -0.3 is 4.74 Å². The number of halogens is 4. The van der Waals surface area contributed by atoms with E-state index in [1.807, 2.05) is 0 Å². The van der Waals surface area contributed by atoms with Crippen molar-refractivity contribution in [1.82, 2.24) is 4.98 Å². The van der Waals surface area contributed by atoms with Crippen molar-refractivity contribution in [3.05, 3.63) is 52.7 Å². The molecule has 1 rings (SSSR count). The van der Waals surface area contributed by atoms with Gasteiger partial charge >= 0.3 is 6.18 Å². The van der Waals surface area contributed by atoms with Crippen LogP contribution < -0.4 is 0 Å². The highest BCUT2D eigenvalue weighted by Gasteiger charge is 2.40. The Labute approximate surface area is 138 Å². The molecule has 0 spiro atoms. The van der Waals surface area contributed by atoms with E-state index in [-0.39, 0.29) is 18.1 Å². The summed E-state index contributed by atoms with van der Waals surface area (Å²) in [6.07, 6.45) is -1.44. The smallest absolute Gasteiger partial charge is 0.422 e. The molecule has 0 fully saturated rings. The number of allylic oxidation sites excluding steroid dienone is 2. The zero-order valence-corrected chi connectivity index (χ0v) is 13.9. The molecule has 1 aromatic heterocycles. The molecule has 0 saturated carbocycles. The Bertz CT molecular complexity index is 608. The van der Waals surface area contributed by atoms with Gasteiger partial charge in [0.2, 0.25) is 0 Å². The van der Waals surface area contributed by atoms with E-state index < -0.39 is 16.9 Å². The van der Waals surface area contributed by atoms with Gasteiger partial charge in [-0.25, -0.2) is 4.99 Å². The lowest BCUT2D eigenvalue weighted by Crippen LogP contribution is -2.17. The van der Waals surface area contributed by atoms with Crippen LogP contribution in [0.25, 0.3) is 0 Å². The molecule has 0 saturated heterocycles. The fourth-order valence-electron chi connectivity index (χ4n) is 1.77. The topological polar surface area (TPSA) is 34.5 Å². The van der Waals surface area contributed by atoms with Gasteiger partial charge in [0.15, 0.2) is 0 Å². The Balaban J connectivity index is 3.38. The minimum absolute atomic E-state index is 0.0958. The van der Waals surface area contributed by atoms with E-state index >= 15 is 0 Å². The Hall–Kier alpha value is -1.82. The van der Waals surface area contributed by atoms with Crippen molar-refractivity contribution < 1.29 is 17.9 Å². The van der Waals surface area contributed by atoms with Crippen LogP contribution in [0.4, 0.5) is 13.2 Å². The number of alkyl halides is 3. The SMILES string of the molecule is CC/C=C(OCC)/C(=C(Cl)\N=C(/C)c1ccccn1)C(F)(F)F. The number of nitrogens with zero attached hydrogens (tertiary/aromatic N) is 2. The van der Waals surface area contributed by atoms with Gasteiger partial charge in [-0.05, 0) is 38.5 Å². The average molecular weight is 347 g/mol. The molecule has 7 heteroatoms. The predicted octanol–water partition coefficient (Wildman–Crippen LogP) is 5.23. The van der Waals surface area contributed by atoms with Crippen molar-refractivity contribution in [2.24, 2.45) is 4.99 Å². The lowest BCUT2D eigenvalue weighted by atomic mass is 10.2. The van der Waals surface area contributed by atoms with Crippen LogP contribution in [0.15, 0.2) is 52.0 Å². The van der Waals surface area contributed by atoms with Crippen LogP contribution in [0.5, 0.6) is 0 Å². The number of hydrogen-bond donors (Lipinski definition) is 0. The fraction of sp³-hybridized carbons (Fsp3) is 0.375. The molecular weight excluding hydrogens is 329 g/mol. The van der Waals surface area contributed by atoms with E-state index in [9.17, 15) is 13.2 Å². The van der Waals surface area contributed by atoms with E-state index in [2.05, 4.69) is 9.98 Å². The van der Waals surface area contributed by atoms with Crippen LogP contribution in [0, 0.1) is 0 Å². The molecule has 0 unspecified atom stereocenters. The molecule has 0 aliphatic rings. The van der Waals surface area contributed by atoms with Gasteiger partial charge in [-0.2, -0.15) is 13.2 Å². The molecule has 0 atom stereocenters. The van der Waals surface area contributed by atoms with Crippen LogP contribution in [0.2, 0.25) is 0 Å². The monoisotopic (exact) mass is 346 g/mol. The lowest BCUT2D eigenvalue weighted by molar-refractivity contribution is -0.0942. The van der Waals surface area contributed by atoms with Crippen LogP contribution in [0.1, 0.15) is 32.9 Å². The van der Waals surface area contributed by atoms with Crippen molar-refractivity contribution in [3.8, 4) is 0 Å². The zero-order chi connectivity index (χ0) is 17.5. The Morgan fingerprint density at radius 3 is 2.52 bits per heavy atom. The molecule has 0 aliphatic heterocycles. The number of hydrogen-bond acceptors (Lipinski definition) is 3. The van der Waals surface area contributed by atoms with E-state index in [0.717, 1.165) is 0 Å². The Kier molecular flexibility index (Phi) is 7.29. The highest BCUT2D eigenvalue weighted by atomic mass is 35.5. The van der Waals surface area contributed by atoms with Crippen LogP contribution in [-0.2, 0) is 4.74 Å². The zero-order valence-electron chi connectivity index (χ0n) is 13.1. The molecule has 3 nitrogen and oxygen atoms in total. The fourth-order valence-corrected chi connectivity index (χ4v) is 2.10. The molecule has 0 aromatic carbocycles. The molecule has 1 heterocycles. The largest absolute Gasteiger partial charge is 0.493 e. The van der Waals surface area contributed by atoms with Crippen LogP contribution in [-0.4, -0.2) is 23.5 Å². The summed E-state index contributed by atoms with van der Waals surface area (Å²) < 4.78 is 45.2. The summed E-state index contributed by atoms with van der Waals surface area (Å²) >= 11 is 5.87. The van der Waals surface area contributed by atoms with Gasteiger partial charge in [0.25, 0.3) is 0 Å². The van der Waals surface area contributed by atoms with Gasteiger partial charge in [0.05, 0.1) is 18.0 Å². The second-order valence-corrected chi connectivity index (χ2v) is 4.84. The third-order valence-electron chi connectivity index (χ3n) is 2.73. The first-order valence-electron chi connectivity index (χ1n) is 7.08. The molecule has 0 radical (unpaired) electrons. The van der Waals surface area contributed by atoms with Crippen LogP contribution in [0.3, 0.4) is 0 Å². The lowest BCUT2D eigenvalue weighted by Gasteiger charge is -2.16. The maximum absolute atomic E-state index is 13.4. The van der Waals surface area contributed by atoms with E-state index in [1.54, 1.807) is 39.0 Å². The number of rotatable bonds is 6. The van der Waals surface area contributed by atoms with Crippen molar-refractivity contribution in [2.75, 3.05) is 6.61 Å². The molecular formula is C16H18ClF3N2O. The summed E-state index contributed by atoms with van der Waals surface area (Å²) in [5.74, 6) is -0.315. The van der Waals surface area contributed by atoms with Gasteiger partial charge in [-0.1, -0.05) is 24.6 Å². The maximum atomic E-state index is 13.4. The first-order valence-corrected chi connectivity index (χ1v) is 7.46. The average Bonchev–Trinajstić information content (AvgIpc) is 2.47. The van der Waals surface area contributed by atoms with Crippen molar-refractivity contribution in [1.29, 1.82) is 0 Å². The molecule has 0 N–H and O–H groups in total. The van der Waals surface area contributed by atoms with Crippen LogP contribution >= 0.6 is 11.6 Å². The highest BCUT2D eigenvalue weighted by Crippen LogP contribution is 2.36. The number of aliphatic imine (C=N–C) groups is 1. The van der Waals surface area contributed by atoms with Gasteiger partial charge in [-0.3, -0.25) is 4.98 Å². The Morgan fingerprint density at radius 2 is 2.04 bits per heavy atom. The van der Waals surface area contributed by atoms with Crippen molar-refractivity contribution in [3.63, 3.8) is 0 Å². The normalized spacial score (nSPS) is 14.6. The van der Waals surface area contributed by atoms with Gasteiger partial charge in [0.1, 0.15) is 16.5 Å². The molecule has 1 aromatic rings. The number of aromatic nitrogens is 1. The van der Waals surface area contributed by atoms with Gasteiger partial charge in [-0.15, -0.1) is 0 Å². The van der Waals surface area contributed by atoms with Crippen molar-refractivity contribution in [2.45, 2.75) is 33.4 Å². The molecule has 0 bridgehead atoms. The van der Waals surface area contributed by atoms with E-state index in [0.29, 0.717) is 12.1 Å². The first kappa shape index (κ1) is 19.2. The quantitative estimate of drug-likeness (QED) is 0.306. The van der Waals surface area contributed by atoms with Gasteiger partial charge in [0, 0.05) is 6.20 Å². The molecule has 23 heavy (non-hydrogen) atoms. The second kappa shape index (κ2) is 8.72. The number of ether oxygens (including phenoxy) is 1. The summed E-state index contributed by atoms with van der Waals surface area (Å²) in [7, 11) is 0. The highest BCUT2D eigenvalue weighted by molar-refractivity contribution is 6.31. The summed E-state index contributed by atoms with van der Waals surface area (Å²) in [5, 5.41) is -0.672. The third kappa shape index (κ3) is 5.71. The predicted molar refractivity (Wildman–Crippen MR) is 85.4 cm³/mol. The standard InChI is InChI=1S/C16H18ClF3N2O/c1-4-8-13(23-5-2)14(16(18,19)20)15(17)22-11(3)12-9-6-7-10-21-12/h6-10H,4-5H2,1-3H3/b13-8-,15-14+,22-11+. The molecule has 0 amide bonds. The summed E-state index contributed by atoms with van der Waals surface area (Å²) in [6.45, 7) is 4.96.